The van der Waals surface area contributed by atoms with Crippen LogP contribution in [-0.2, 0) is 19.1 Å². The molecule has 0 radical (unpaired) electrons. The van der Waals surface area contributed by atoms with Crippen molar-refractivity contribution in [3.05, 3.63) is 24.3 Å². The summed E-state index contributed by atoms with van der Waals surface area (Å²) in [5, 5.41) is 0. The van der Waals surface area contributed by atoms with Gasteiger partial charge in [-0.3, -0.25) is 4.79 Å². The van der Waals surface area contributed by atoms with Gasteiger partial charge in [-0.2, -0.15) is 0 Å². The average Bonchev–Trinajstić information content (AvgIpc) is 2.44. The molecule has 6 nitrogen and oxygen atoms in total. The maximum absolute atomic E-state index is 11.6. The van der Waals surface area contributed by atoms with E-state index in [9.17, 15) is 9.59 Å². The summed E-state index contributed by atoms with van der Waals surface area (Å²) in [7, 11) is 2.78. The smallest absolute Gasteiger partial charge is 0.351 e. The number of carbonyl (C=O) groups excluding carboxylic acids is 2. The molecule has 0 spiro atoms. The van der Waals surface area contributed by atoms with Gasteiger partial charge in [-0.25, -0.2) is 4.79 Å². The van der Waals surface area contributed by atoms with E-state index in [2.05, 4.69) is 4.74 Å². The van der Waals surface area contributed by atoms with Crippen LogP contribution in [0.15, 0.2) is 24.3 Å². The van der Waals surface area contributed by atoms with Gasteiger partial charge in [0.2, 0.25) is 6.10 Å². The molecule has 0 saturated heterocycles. The normalized spacial score (nSPS) is 13.0. The van der Waals surface area contributed by atoms with Crippen molar-refractivity contribution in [2.24, 2.45) is 0 Å². The van der Waals surface area contributed by atoms with Crippen molar-refractivity contribution in [3.8, 4) is 11.5 Å². The summed E-state index contributed by atoms with van der Waals surface area (Å²) in [5.41, 5.74) is 0. The number of hydrogen-bond acceptors (Lipinski definition) is 6. The molecular formula is C14H18O6. The van der Waals surface area contributed by atoms with Gasteiger partial charge in [0.15, 0.2) is 0 Å². The predicted octanol–water partition coefficient (Wildman–Crippen LogP) is 1.57. The molecule has 0 saturated carbocycles. The van der Waals surface area contributed by atoms with E-state index in [0.29, 0.717) is 11.5 Å². The second-order valence-electron chi connectivity index (χ2n) is 4.05. The molecule has 0 aliphatic heterocycles. The summed E-state index contributed by atoms with van der Waals surface area (Å²) < 4.78 is 20.1. The largest absolute Gasteiger partial charge is 0.497 e. The van der Waals surface area contributed by atoms with E-state index in [4.69, 9.17) is 14.2 Å². The van der Waals surface area contributed by atoms with Crippen molar-refractivity contribution in [1.29, 1.82) is 0 Å². The SMILES string of the molecule is COC(=O)[C@H](OC(C)=O)[C@@H](C)Oc1ccc(OC)cc1. The lowest BCUT2D eigenvalue weighted by Crippen LogP contribution is -2.40. The Kier molecular flexibility index (Phi) is 5.83. The molecule has 6 heteroatoms. The molecule has 1 aromatic carbocycles. The van der Waals surface area contributed by atoms with Gasteiger partial charge in [0.25, 0.3) is 0 Å². The molecule has 20 heavy (non-hydrogen) atoms. The summed E-state index contributed by atoms with van der Waals surface area (Å²) in [6.45, 7) is 2.84. The second kappa shape index (κ2) is 7.37. The van der Waals surface area contributed by atoms with Gasteiger partial charge >= 0.3 is 11.9 Å². The highest BCUT2D eigenvalue weighted by atomic mass is 16.6. The Bertz CT molecular complexity index is 453. The topological polar surface area (TPSA) is 71.1 Å². The number of carbonyl (C=O) groups is 2. The summed E-state index contributed by atoms with van der Waals surface area (Å²) >= 11 is 0. The number of rotatable bonds is 6. The molecule has 0 unspecified atom stereocenters. The number of ether oxygens (including phenoxy) is 4. The highest BCUT2D eigenvalue weighted by Gasteiger charge is 2.30. The van der Waals surface area contributed by atoms with E-state index in [-0.39, 0.29) is 0 Å². The van der Waals surface area contributed by atoms with Gasteiger partial charge in [0.05, 0.1) is 14.2 Å². The molecule has 0 amide bonds. The van der Waals surface area contributed by atoms with E-state index in [1.54, 1.807) is 38.3 Å². The monoisotopic (exact) mass is 282 g/mol. The molecule has 1 aromatic rings. The zero-order valence-corrected chi connectivity index (χ0v) is 11.9. The molecule has 110 valence electrons. The van der Waals surface area contributed by atoms with Crippen molar-refractivity contribution in [3.63, 3.8) is 0 Å². The van der Waals surface area contributed by atoms with Crippen LogP contribution in [0.25, 0.3) is 0 Å². The third-order valence-corrected chi connectivity index (χ3v) is 2.53. The van der Waals surface area contributed by atoms with Crippen LogP contribution in [0.2, 0.25) is 0 Å². The van der Waals surface area contributed by atoms with Crippen LogP contribution in [-0.4, -0.2) is 38.4 Å². The van der Waals surface area contributed by atoms with Crippen molar-refractivity contribution >= 4 is 11.9 Å². The van der Waals surface area contributed by atoms with E-state index >= 15 is 0 Å². The Morgan fingerprint density at radius 3 is 2.05 bits per heavy atom. The van der Waals surface area contributed by atoms with Gasteiger partial charge in [-0.05, 0) is 31.2 Å². The molecular weight excluding hydrogens is 264 g/mol. The fourth-order valence-corrected chi connectivity index (χ4v) is 1.56. The Morgan fingerprint density at radius 1 is 1.05 bits per heavy atom. The lowest BCUT2D eigenvalue weighted by atomic mass is 10.2. The Hall–Kier alpha value is -2.24. The summed E-state index contributed by atoms with van der Waals surface area (Å²) in [5.74, 6) is -0.0272. The summed E-state index contributed by atoms with van der Waals surface area (Å²) in [6.07, 6.45) is -1.79. The van der Waals surface area contributed by atoms with E-state index in [1.165, 1.54) is 14.0 Å². The summed E-state index contributed by atoms with van der Waals surface area (Å²) in [6, 6.07) is 6.83. The lowest BCUT2D eigenvalue weighted by molar-refractivity contribution is -0.170. The van der Waals surface area contributed by atoms with E-state index in [1.807, 2.05) is 0 Å². The minimum atomic E-state index is -1.11. The van der Waals surface area contributed by atoms with E-state index in [0.717, 1.165) is 0 Å². The van der Waals surface area contributed by atoms with Gasteiger partial charge in [-0.1, -0.05) is 0 Å². The van der Waals surface area contributed by atoms with E-state index < -0.39 is 24.1 Å². The third kappa shape index (κ3) is 4.46. The maximum Gasteiger partial charge on any atom is 0.351 e. The first kappa shape index (κ1) is 15.8. The molecule has 0 aromatic heterocycles. The van der Waals surface area contributed by atoms with Crippen LogP contribution in [0, 0.1) is 0 Å². The van der Waals surface area contributed by atoms with Gasteiger partial charge < -0.3 is 18.9 Å². The van der Waals surface area contributed by atoms with Crippen LogP contribution in [0.1, 0.15) is 13.8 Å². The maximum atomic E-state index is 11.6. The van der Waals surface area contributed by atoms with Crippen LogP contribution < -0.4 is 9.47 Å². The number of benzene rings is 1. The average molecular weight is 282 g/mol. The number of hydrogen-bond donors (Lipinski definition) is 0. The molecule has 0 aliphatic rings. The standard InChI is InChI=1S/C14H18O6/c1-9(13(14(16)18-4)20-10(2)15)19-12-7-5-11(17-3)6-8-12/h5-9,13H,1-4H3/t9-,13-/m1/s1. The first-order valence-electron chi connectivity index (χ1n) is 6.03. The molecule has 0 N–H and O–H groups in total. The fraction of sp³-hybridized carbons (Fsp3) is 0.429. The van der Waals surface area contributed by atoms with Crippen LogP contribution in [0.4, 0.5) is 0 Å². The second-order valence-corrected chi connectivity index (χ2v) is 4.05. The van der Waals surface area contributed by atoms with Crippen LogP contribution >= 0.6 is 0 Å². The van der Waals surface area contributed by atoms with Crippen LogP contribution in [0.3, 0.4) is 0 Å². The van der Waals surface area contributed by atoms with Gasteiger partial charge in [0, 0.05) is 6.92 Å². The fourth-order valence-electron chi connectivity index (χ4n) is 1.56. The molecule has 0 bridgehead atoms. The lowest BCUT2D eigenvalue weighted by Gasteiger charge is -2.22. The van der Waals surface area contributed by atoms with Crippen molar-refractivity contribution in [1.82, 2.24) is 0 Å². The number of esters is 2. The molecule has 0 aliphatic carbocycles. The minimum absolute atomic E-state index is 0.527. The van der Waals surface area contributed by atoms with Gasteiger partial charge in [-0.15, -0.1) is 0 Å². The quantitative estimate of drug-likeness (QED) is 0.737. The molecule has 1 rings (SSSR count). The zero-order valence-electron chi connectivity index (χ0n) is 11.9. The first-order chi connectivity index (χ1) is 9.47. The third-order valence-electron chi connectivity index (χ3n) is 2.53. The highest BCUT2D eigenvalue weighted by molar-refractivity contribution is 5.79. The number of methoxy groups -OCH3 is 2. The predicted molar refractivity (Wildman–Crippen MR) is 70.7 cm³/mol. The Balaban J connectivity index is 2.75. The van der Waals surface area contributed by atoms with Gasteiger partial charge in [0.1, 0.15) is 17.6 Å². The Labute approximate surface area is 117 Å². The van der Waals surface area contributed by atoms with Crippen molar-refractivity contribution in [2.75, 3.05) is 14.2 Å². The van der Waals surface area contributed by atoms with Crippen molar-refractivity contribution < 1.29 is 28.5 Å². The first-order valence-corrected chi connectivity index (χ1v) is 6.03. The molecule has 2 atom stereocenters. The molecule has 0 heterocycles. The minimum Gasteiger partial charge on any atom is -0.497 e. The zero-order chi connectivity index (χ0) is 15.1. The molecule has 0 fully saturated rings. The Morgan fingerprint density at radius 2 is 1.60 bits per heavy atom. The summed E-state index contributed by atoms with van der Waals surface area (Å²) in [4.78, 5) is 22.6. The van der Waals surface area contributed by atoms with Crippen LogP contribution in [0.5, 0.6) is 11.5 Å². The van der Waals surface area contributed by atoms with Crippen molar-refractivity contribution in [2.45, 2.75) is 26.1 Å². The highest BCUT2D eigenvalue weighted by Crippen LogP contribution is 2.19.